The van der Waals surface area contributed by atoms with Crippen LogP contribution in [0.5, 0.6) is 5.75 Å². The average Bonchev–Trinajstić information content (AvgIpc) is 3.21. The highest BCUT2D eigenvalue weighted by Crippen LogP contribution is 2.29. The number of nitriles is 1. The zero-order valence-corrected chi connectivity index (χ0v) is 11.0. The van der Waals surface area contributed by atoms with E-state index in [0.29, 0.717) is 5.56 Å². The van der Waals surface area contributed by atoms with E-state index < -0.39 is 5.97 Å². The summed E-state index contributed by atoms with van der Waals surface area (Å²) in [7, 11) is 0. The minimum Gasteiger partial charge on any atom is -0.508 e. The lowest BCUT2D eigenvalue weighted by molar-refractivity contribution is -0.131. The summed E-state index contributed by atoms with van der Waals surface area (Å²) in [4.78, 5) is 10.2. The molecule has 100 valence electrons. The van der Waals surface area contributed by atoms with E-state index in [9.17, 15) is 4.79 Å². The molecule has 1 saturated carbocycles. The first kappa shape index (κ1) is 15.1. The molecule has 0 spiro atoms. The normalized spacial score (nSPS) is 13.5. The third-order valence-electron chi connectivity index (χ3n) is 2.48. The SMILES string of the molecule is ClCC1CC1.N#Cc1cc(O)ccc1C=CC(=O)O. The molecular formula is C14H14ClNO3. The molecule has 1 aromatic carbocycles. The Morgan fingerprint density at radius 2 is 2.21 bits per heavy atom. The van der Waals surface area contributed by atoms with E-state index >= 15 is 0 Å². The Kier molecular flexibility index (Phi) is 5.91. The molecule has 0 heterocycles. The van der Waals surface area contributed by atoms with Gasteiger partial charge in [-0.05, 0) is 48.6 Å². The van der Waals surface area contributed by atoms with Gasteiger partial charge in [0.05, 0.1) is 11.6 Å². The maximum Gasteiger partial charge on any atom is 0.328 e. The van der Waals surface area contributed by atoms with Gasteiger partial charge in [-0.15, -0.1) is 11.6 Å². The molecule has 1 fully saturated rings. The first-order valence-corrected chi connectivity index (χ1v) is 6.30. The number of nitrogens with zero attached hydrogens (tertiary/aromatic N) is 1. The second-order valence-electron chi connectivity index (χ2n) is 4.15. The lowest BCUT2D eigenvalue weighted by atomic mass is 10.1. The van der Waals surface area contributed by atoms with Crippen LogP contribution in [0.2, 0.25) is 0 Å². The molecule has 0 amide bonds. The van der Waals surface area contributed by atoms with E-state index in [1.165, 1.54) is 37.1 Å². The highest BCUT2D eigenvalue weighted by molar-refractivity contribution is 6.18. The van der Waals surface area contributed by atoms with Crippen molar-refractivity contribution >= 4 is 23.6 Å². The first-order valence-electron chi connectivity index (χ1n) is 5.77. The quantitative estimate of drug-likeness (QED) is 0.658. The van der Waals surface area contributed by atoms with Crippen LogP contribution in [0.4, 0.5) is 0 Å². The number of hydrogen-bond acceptors (Lipinski definition) is 3. The summed E-state index contributed by atoms with van der Waals surface area (Å²) in [6.45, 7) is 0. The highest BCUT2D eigenvalue weighted by Gasteiger charge is 2.18. The second-order valence-corrected chi connectivity index (χ2v) is 4.46. The maximum absolute atomic E-state index is 10.2. The molecule has 0 radical (unpaired) electrons. The topological polar surface area (TPSA) is 81.3 Å². The number of benzene rings is 1. The fourth-order valence-corrected chi connectivity index (χ4v) is 1.53. The number of halogens is 1. The lowest BCUT2D eigenvalue weighted by Gasteiger charge is -1.97. The van der Waals surface area contributed by atoms with Gasteiger partial charge in [-0.2, -0.15) is 5.26 Å². The van der Waals surface area contributed by atoms with Crippen LogP contribution in [0.1, 0.15) is 24.0 Å². The van der Waals surface area contributed by atoms with Gasteiger partial charge < -0.3 is 10.2 Å². The smallest absolute Gasteiger partial charge is 0.328 e. The highest BCUT2D eigenvalue weighted by atomic mass is 35.5. The van der Waals surface area contributed by atoms with Crippen LogP contribution in [-0.4, -0.2) is 22.1 Å². The van der Waals surface area contributed by atoms with Gasteiger partial charge in [0.25, 0.3) is 0 Å². The van der Waals surface area contributed by atoms with E-state index in [1.807, 2.05) is 6.07 Å². The molecular weight excluding hydrogens is 266 g/mol. The van der Waals surface area contributed by atoms with Crippen molar-refractivity contribution in [3.8, 4) is 11.8 Å². The Morgan fingerprint density at radius 1 is 1.53 bits per heavy atom. The van der Waals surface area contributed by atoms with Gasteiger partial charge in [0, 0.05) is 12.0 Å². The third-order valence-corrected chi connectivity index (χ3v) is 2.91. The summed E-state index contributed by atoms with van der Waals surface area (Å²) in [5.74, 6) is 0.688. The molecule has 0 atom stereocenters. The van der Waals surface area contributed by atoms with Gasteiger partial charge in [-0.3, -0.25) is 0 Å². The molecule has 2 rings (SSSR count). The number of carboxylic acid groups (broad SMARTS) is 1. The van der Waals surface area contributed by atoms with E-state index in [1.54, 1.807) is 0 Å². The monoisotopic (exact) mass is 279 g/mol. The molecule has 0 saturated heterocycles. The second kappa shape index (κ2) is 7.45. The van der Waals surface area contributed by atoms with E-state index in [4.69, 9.17) is 27.1 Å². The van der Waals surface area contributed by atoms with Crippen LogP contribution in [-0.2, 0) is 4.79 Å². The van der Waals surface area contributed by atoms with Crippen LogP contribution >= 0.6 is 11.6 Å². The largest absolute Gasteiger partial charge is 0.508 e. The van der Waals surface area contributed by atoms with Gasteiger partial charge in [0.2, 0.25) is 0 Å². The van der Waals surface area contributed by atoms with E-state index in [2.05, 4.69) is 0 Å². The summed E-state index contributed by atoms with van der Waals surface area (Å²) in [5.41, 5.74) is 0.704. The van der Waals surface area contributed by atoms with Crippen LogP contribution in [0.25, 0.3) is 6.08 Å². The van der Waals surface area contributed by atoms with Gasteiger partial charge in [-0.25, -0.2) is 4.79 Å². The first-order chi connectivity index (χ1) is 9.06. The summed E-state index contributed by atoms with van der Waals surface area (Å²) >= 11 is 5.40. The predicted molar refractivity (Wildman–Crippen MR) is 72.9 cm³/mol. The standard InChI is InChI=1S/C10H7NO3.C4H7Cl/c11-6-8-5-9(12)3-1-7(8)2-4-10(13)14;5-3-4-1-2-4/h1-5,12H,(H,13,14);4H,1-3H2. The number of phenolic OH excluding ortho intramolecular Hbond substituents is 1. The molecule has 19 heavy (non-hydrogen) atoms. The lowest BCUT2D eigenvalue weighted by Crippen LogP contribution is -1.87. The van der Waals surface area contributed by atoms with Gasteiger partial charge in [-0.1, -0.05) is 0 Å². The van der Waals surface area contributed by atoms with Crippen molar-refractivity contribution in [2.24, 2.45) is 5.92 Å². The maximum atomic E-state index is 10.2. The summed E-state index contributed by atoms with van der Waals surface area (Å²) in [5, 5.41) is 26.1. The summed E-state index contributed by atoms with van der Waals surface area (Å²) < 4.78 is 0. The van der Waals surface area contributed by atoms with Gasteiger partial charge in [0.15, 0.2) is 0 Å². The Balaban J connectivity index is 0.000000300. The molecule has 2 N–H and O–H groups in total. The molecule has 0 bridgehead atoms. The van der Waals surface area contributed by atoms with Crippen molar-refractivity contribution in [2.75, 3.05) is 5.88 Å². The van der Waals surface area contributed by atoms with Crippen molar-refractivity contribution in [1.29, 1.82) is 5.26 Å². The summed E-state index contributed by atoms with van der Waals surface area (Å²) in [6, 6.07) is 6.01. The number of aromatic hydroxyl groups is 1. The molecule has 0 aromatic heterocycles. The van der Waals surface area contributed by atoms with Gasteiger partial charge >= 0.3 is 5.97 Å². The minimum absolute atomic E-state index is 0.0194. The van der Waals surface area contributed by atoms with Crippen LogP contribution in [0, 0.1) is 17.2 Å². The fourth-order valence-electron chi connectivity index (χ4n) is 1.22. The molecule has 1 aliphatic rings. The molecule has 0 unspecified atom stereocenters. The van der Waals surface area contributed by atoms with Gasteiger partial charge in [0.1, 0.15) is 5.75 Å². The fraction of sp³-hybridized carbons (Fsp3) is 0.286. The molecule has 4 nitrogen and oxygen atoms in total. The number of carbonyl (C=O) groups is 1. The summed E-state index contributed by atoms with van der Waals surface area (Å²) in [6.07, 6.45) is 5.00. The van der Waals surface area contributed by atoms with Crippen LogP contribution in [0.3, 0.4) is 0 Å². The van der Waals surface area contributed by atoms with Crippen molar-refractivity contribution in [3.05, 3.63) is 35.4 Å². The Morgan fingerprint density at radius 3 is 2.63 bits per heavy atom. The number of phenols is 1. The zero-order valence-electron chi connectivity index (χ0n) is 10.2. The molecule has 1 aliphatic carbocycles. The predicted octanol–water partition coefficient (Wildman–Crippen LogP) is 3.00. The van der Waals surface area contributed by atoms with E-state index in [-0.39, 0.29) is 11.3 Å². The number of carboxylic acids is 1. The average molecular weight is 280 g/mol. The van der Waals surface area contributed by atoms with Crippen LogP contribution in [0.15, 0.2) is 24.3 Å². The third kappa shape index (κ3) is 5.94. The van der Waals surface area contributed by atoms with Crippen molar-refractivity contribution in [3.63, 3.8) is 0 Å². The Bertz CT molecular complexity index is 516. The van der Waals surface area contributed by atoms with Crippen molar-refractivity contribution < 1.29 is 15.0 Å². The molecule has 5 heteroatoms. The Labute approximate surface area is 116 Å². The van der Waals surface area contributed by atoms with Crippen molar-refractivity contribution in [1.82, 2.24) is 0 Å². The van der Waals surface area contributed by atoms with E-state index in [0.717, 1.165) is 17.9 Å². The number of hydrogen-bond donors (Lipinski definition) is 2. The van der Waals surface area contributed by atoms with Crippen LogP contribution < -0.4 is 0 Å². The Hall–Kier alpha value is -1.99. The number of aliphatic carboxylic acids is 1. The number of rotatable bonds is 3. The molecule has 1 aromatic rings. The van der Waals surface area contributed by atoms with Crippen molar-refractivity contribution in [2.45, 2.75) is 12.8 Å². The minimum atomic E-state index is -1.08. The number of alkyl halides is 1. The zero-order chi connectivity index (χ0) is 14.3. The molecule has 0 aliphatic heterocycles.